The minimum absolute atomic E-state index is 0.0450. The van der Waals surface area contributed by atoms with E-state index in [0.29, 0.717) is 24.6 Å². The van der Waals surface area contributed by atoms with Crippen LogP contribution in [0.2, 0.25) is 0 Å². The Morgan fingerprint density at radius 1 is 1.03 bits per heavy atom. The van der Waals surface area contributed by atoms with Gasteiger partial charge < -0.3 is 19.6 Å². The first-order valence-corrected chi connectivity index (χ1v) is 13.9. The molecule has 2 bridgehead atoms. The van der Waals surface area contributed by atoms with Crippen molar-refractivity contribution >= 4 is 11.9 Å². The van der Waals surface area contributed by atoms with E-state index < -0.39 is 5.97 Å². The molecule has 1 aromatic rings. The average molecular weight is 487 g/mol. The van der Waals surface area contributed by atoms with Crippen LogP contribution in [0, 0.1) is 11.8 Å². The molecule has 3 heterocycles. The number of unbranched alkanes of at least 4 members (excludes halogenated alkanes) is 3. The second-order valence-corrected chi connectivity index (χ2v) is 10.7. The molecule has 2 N–H and O–H groups in total. The molecule has 7 heteroatoms. The molecule has 7 nitrogen and oxygen atoms in total. The normalized spacial score (nSPS) is 26.5. The molecule has 1 saturated carbocycles. The van der Waals surface area contributed by atoms with E-state index in [1.807, 2.05) is 6.08 Å². The monoisotopic (exact) mass is 486 g/mol. The number of aliphatic carboxylic acids is 1. The fourth-order valence-electron chi connectivity index (χ4n) is 6.22. The van der Waals surface area contributed by atoms with Gasteiger partial charge in [0.1, 0.15) is 6.26 Å². The van der Waals surface area contributed by atoms with Crippen LogP contribution >= 0.6 is 0 Å². The summed E-state index contributed by atoms with van der Waals surface area (Å²) in [4.78, 5) is 27.8. The number of nitrogens with zero attached hydrogens (tertiary/aromatic N) is 1. The summed E-state index contributed by atoms with van der Waals surface area (Å²) in [5.74, 6) is 0.890. The van der Waals surface area contributed by atoms with Crippen LogP contribution in [-0.4, -0.2) is 40.7 Å². The molecule has 4 rings (SSSR count). The summed E-state index contributed by atoms with van der Waals surface area (Å²) in [6.45, 7) is 0.672. The molecular weight excluding hydrogens is 444 g/mol. The lowest BCUT2D eigenvalue weighted by Crippen LogP contribution is -2.26. The Labute approximate surface area is 209 Å². The number of nitrogens with one attached hydrogen (secondary N) is 1. The molecular formula is C28H42N2O5. The van der Waals surface area contributed by atoms with E-state index in [1.165, 1.54) is 57.6 Å². The van der Waals surface area contributed by atoms with Crippen molar-refractivity contribution in [2.45, 2.75) is 114 Å². The zero-order valence-corrected chi connectivity index (χ0v) is 21.0. The van der Waals surface area contributed by atoms with E-state index in [2.05, 4.69) is 16.4 Å². The Hall–Kier alpha value is -2.15. The second kappa shape index (κ2) is 13.2. The number of aromatic nitrogens is 1. The lowest BCUT2D eigenvalue weighted by molar-refractivity contribution is -0.136. The number of oxazole rings is 1. The summed E-state index contributed by atoms with van der Waals surface area (Å²) in [5.41, 5.74) is 0.343. The van der Waals surface area contributed by atoms with Crippen LogP contribution in [-0.2, 0) is 9.53 Å². The fourth-order valence-corrected chi connectivity index (χ4v) is 6.22. The smallest absolute Gasteiger partial charge is 0.303 e. The van der Waals surface area contributed by atoms with Crippen LogP contribution in [0.3, 0.4) is 0 Å². The predicted octanol–water partition coefficient (Wildman–Crippen LogP) is 6.01. The van der Waals surface area contributed by atoms with Gasteiger partial charge >= 0.3 is 5.97 Å². The second-order valence-electron chi connectivity index (χ2n) is 10.7. The first kappa shape index (κ1) is 25.9. The molecule has 3 aliphatic rings. The van der Waals surface area contributed by atoms with Crippen molar-refractivity contribution in [3.63, 3.8) is 0 Å². The quantitative estimate of drug-likeness (QED) is 0.247. The van der Waals surface area contributed by atoms with Crippen molar-refractivity contribution < 1.29 is 23.8 Å². The van der Waals surface area contributed by atoms with Gasteiger partial charge in [-0.15, -0.1) is 0 Å². The van der Waals surface area contributed by atoms with Gasteiger partial charge in [-0.25, -0.2) is 4.98 Å². The van der Waals surface area contributed by atoms with Gasteiger partial charge in [0.2, 0.25) is 5.89 Å². The van der Waals surface area contributed by atoms with E-state index in [-0.39, 0.29) is 36.4 Å². The van der Waals surface area contributed by atoms with Gasteiger partial charge in [-0.05, 0) is 38.0 Å². The average Bonchev–Trinajstić information content (AvgIpc) is 3.60. The number of allylic oxidation sites excluding steroid dienone is 2. The van der Waals surface area contributed by atoms with Gasteiger partial charge in [-0.3, -0.25) is 9.59 Å². The number of carboxylic acid groups (broad SMARTS) is 1. The Balaban J connectivity index is 1.17. The lowest BCUT2D eigenvalue weighted by atomic mass is 9.77. The third kappa shape index (κ3) is 7.42. The van der Waals surface area contributed by atoms with Crippen molar-refractivity contribution in [1.82, 2.24) is 10.3 Å². The first-order valence-electron chi connectivity index (χ1n) is 13.9. The summed E-state index contributed by atoms with van der Waals surface area (Å²) in [7, 11) is 0. The first-order chi connectivity index (χ1) is 17.1. The van der Waals surface area contributed by atoms with E-state index >= 15 is 0 Å². The highest BCUT2D eigenvalue weighted by Gasteiger charge is 2.51. The molecule has 1 amide bonds. The highest BCUT2D eigenvalue weighted by molar-refractivity contribution is 5.91. The Morgan fingerprint density at radius 3 is 2.66 bits per heavy atom. The third-order valence-corrected chi connectivity index (χ3v) is 8.11. The summed E-state index contributed by atoms with van der Waals surface area (Å²) in [5, 5.41) is 11.8. The van der Waals surface area contributed by atoms with Crippen molar-refractivity contribution in [3.8, 4) is 0 Å². The largest absolute Gasteiger partial charge is 0.481 e. The fraction of sp³-hybridized carbons (Fsp3) is 0.750. The molecule has 0 radical (unpaired) electrons. The zero-order chi connectivity index (χ0) is 24.5. The summed E-state index contributed by atoms with van der Waals surface area (Å²) in [6.07, 6.45) is 22.4. The summed E-state index contributed by atoms with van der Waals surface area (Å²) in [6, 6.07) is 0. The van der Waals surface area contributed by atoms with Crippen LogP contribution in [0.1, 0.15) is 119 Å². The third-order valence-electron chi connectivity index (χ3n) is 8.11. The maximum Gasteiger partial charge on any atom is 0.303 e. The summed E-state index contributed by atoms with van der Waals surface area (Å²) < 4.78 is 11.9. The lowest BCUT2D eigenvalue weighted by Gasteiger charge is -2.24. The van der Waals surface area contributed by atoms with Crippen molar-refractivity contribution in [2.24, 2.45) is 11.8 Å². The van der Waals surface area contributed by atoms with Crippen molar-refractivity contribution in [1.29, 1.82) is 0 Å². The van der Waals surface area contributed by atoms with Gasteiger partial charge in [0.25, 0.3) is 5.91 Å². The van der Waals surface area contributed by atoms with E-state index in [4.69, 9.17) is 14.3 Å². The molecule has 1 aromatic heterocycles. The van der Waals surface area contributed by atoms with Gasteiger partial charge in [0.15, 0.2) is 5.69 Å². The molecule has 4 atom stereocenters. The number of fused-ring (bicyclic) bond motifs is 2. The van der Waals surface area contributed by atoms with Crippen LogP contribution in [0.15, 0.2) is 22.8 Å². The Morgan fingerprint density at radius 2 is 1.83 bits per heavy atom. The van der Waals surface area contributed by atoms with Crippen molar-refractivity contribution in [2.75, 3.05) is 6.54 Å². The standard InChI is InChI=1S/C28H42N2O5/c31-25(32)15-9-4-8-14-21-23-16-17-24(35-23)26(21)28-30-22(19-34-28)27(33)29-18-10-2-1-5-11-20-12-6-3-7-13-20/h4,8,19-21,23-24,26H,1-3,5-7,9-18H2,(H,29,33)(H,31,32)/b8-4-. The van der Waals surface area contributed by atoms with E-state index in [1.54, 1.807) is 0 Å². The minimum atomic E-state index is -0.781. The Kier molecular flexibility index (Phi) is 9.81. The summed E-state index contributed by atoms with van der Waals surface area (Å²) >= 11 is 0. The zero-order valence-electron chi connectivity index (χ0n) is 21.0. The van der Waals surface area contributed by atoms with Crippen LogP contribution in [0.5, 0.6) is 0 Å². The highest BCUT2D eigenvalue weighted by Crippen LogP contribution is 2.50. The highest BCUT2D eigenvalue weighted by atomic mass is 16.5. The Bertz CT molecular complexity index is 844. The number of rotatable bonds is 14. The van der Waals surface area contributed by atoms with E-state index in [0.717, 1.165) is 38.0 Å². The topological polar surface area (TPSA) is 102 Å². The molecule has 4 unspecified atom stereocenters. The SMILES string of the molecule is O=C(O)CC/C=C\CC1C2CCC(O2)C1c1nc(C(=O)NCCCCCCC2CCCCC2)co1. The number of hydrogen-bond donors (Lipinski definition) is 2. The van der Waals surface area contributed by atoms with Gasteiger partial charge in [0.05, 0.1) is 18.1 Å². The minimum Gasteiger partial charge on any atom is -0.481 e. The number of carboxylic acids is 1. The van der Waals surface area contributed by atoms with Gasteiger partial charge in [0, 0.05) is 18.9 Å². The van der Waals surface area contributed by atoms with Crippen LogP contribution in [0.25, 0.3) is 0 Å². The number of amides is 1. The molecule has 1 aliphatic carbocycles. The van der Waals surface area contributed by atoms with Crippen LogP contribution < -0.4 is 5.32 Å². The predicted molar refractivity (Wildman–Crippen MR) is 133 cm³/mol. The molecule has 2 saturated heterocycles. The maximum atomic E-state index is 12.6. The van der Waals surface area contributed by atoms with Gasteiger partial charge in [-0.2, -0.15) is 0 Å². The number of hydrogen-bond acceptors (Lipinski definition) is 5. The molecule has 3 fully saturated rings. The molecule has 2 aliphatic heterocycles. The van der Waals surface area contributed by atoms with Crippen molar-refractivity contribution in [3.05, 3.63) is 30.0 Å². The van der Waals surface area contributed by atoms with Gasteiger partial charge in [-0.1, -0.05) is 69.9 Å². The molecule has 0 aromatic carbocycles. The molecule has 35 heavy (non-hydrogen) atoms. The number of ether oxygens (including phenoxy) is 1. The number of carbonyl (C=O) groups excluding carboxylic acids is 1. The number of carbonyl (C=O) groups is 2. The molecule has 194 valence electrons. The molecule has 0 spiro atoms. The van der Waals surface area contributed by atoms with E-state index in [9.17, 15) is 9.59 Å². The van der Waals surface area contributed by atoms with Crippen LogP contribution in [0.4, 0.5) is 0 Å². The maximum absolute atomic E-state index is 12.6.